The van der Waals surface area contributed by atoms with E-state index in [0.29, 0.717) is 15.6 Å². The van der Waals surface area contributed by atoms with Gasteiger partial charge in [-0.3, -0.25) is 34.1 Å². The Hall–Kier alpha value is -5.50. The van der Waals surface area contributed by atoms with Crippen molar-refractivity contribution in [2.75, 3.05) is 11.5 Å². The Labute approximate surface area is 300 Å². The zero-order valence-electron chi connectivity index (χ0n) is 26.3. The van der Waals surface area contributed by atoms with Crippen LogP contribution in [0.1, 0.15) is 37.3 Å². The second kappa shape index (κ2) is 14.8. The number of fused-ring (bicyclic) bond motifs is 1. The third-order valence-electron chi connectivity index (χ3n) is 7.90. The number of carboxylic acids is 1. The molecule has 2 aliphatic heterocycles. The standard InChI is InChI=1S/C32H27N7O9S3/c1-14-2-4-15(5-3-14)20-11-10-19(24(41)33-20)25(42)34-21(16-6-8-18(40)9-7-16)26(43)35-22-29(45)39-23(31(46)47)17(12-49-30(22)39)13-50-32-37-36-28(51-32)27(44)38-48/h2-11,21-22,30,40,48H,12-13H2,1H3,(H,33,41)(H,34,42)(H,35,43)(H,38,44)(H,46,47)/t21?,22?,30-/m0/s1. The molecule has 4 amide bonds. The number of benzene rings is 2. The number of H-pyrrole nitrogens is 1. The number of aromatic nitrogens is 3. The van der Waals surface area contributed by atoms with Gasteiger partial charge in [0.25, 0.3) is 17.4 Å². The van der Waals surface area contributed by atoms with Gasteiger partial charge in [0.2, 0.25) is 10.9 Å². The lowest BCUT2D eigenvalue weighted by Crippen LogP contribution is -2.71. The number of aromatic amines is 1. The molecule has 51 heavy (non-hydrogen) atoms. The normalized spacial score (nSPS) is 17.2. The molecule has 16 nitrogen and oxygen atoms in total. The van der Waals surface area contributed by atoms with Crippen molar-refractivity contribution in [3.05, 3.63) is 104 Å². The van der Waals surface area contributed by atoms with Crippen LogP contribution in [0.4, 0.5) is 0 Å². The summed E-state index contributed by atoms with van der Waals surface area (Å²) in [7, 11) is 0. The van der Waals surface area contributed by atoms with E-state index in [4.69, 9.17) is 5.21 Å². The number of thioether (sulfide) groups is 2. The van der Waals surface area contributed by atoms with Crippen molar-refractivity contribution in [1.82, 2.24) is 36.2 Å². The molecule has 2 aromatic heterocycles. The van der Waals surface area contributed by atoms with Crippen LogP contribution in [0.25, 0.3) is 11.3 Å². The molecule has 3 atom stereocenters. The highest BCUT2D eigenvalue weighted by Gasteiger charge is 2.54. The number of hydrogen-bond donors (Lipinski definition) is 7. The van der Waals surface area contributed by atoms with Crippen LogP contribution in [0.3, 0.4) is 0 Å². The van der Waals surface area contributed by atoms with Crippen LogP contribution in [0.5, 0.6) is 5.75 Å². The number of carbonyl (C=O) groups is 5. The number of nitrogens with zero attached hydrogens (tertiary/aromatic N) is 3. The van der Waals surface area contributed by atoms with Crippen molar-refractivity contribution in [3.63, 3.8) is 0 Å². The first-order chi connectivity index (χ1) is 24.4. The Morgan fingerprint density at radius 2 is 1.75 bits per heavy atom. The maximum atomic E-state index is 13.7. The van der Waals surface area contributed by atoms with Gasteiger partial charge in [-0.15, -0.1) is 22.0 Å². The molecule has 4 aromatic rings. The Morgan fingerprint density at radius 1 is 1.02 bits per heavy atom. The zero-order valence-corrected chi connectivity index (χ0v) is 28.7. The fraction of sp³-hybridized carbons (Fsp3) is 0.188. The third kappa shape index (κ3) is 7.36. The van der Waals surface area contributed by atoms with Gasteiger partial charge in [0.15, 0.2) is 4.34 Å². The van der Waals surface area contributed by atoms with E-state index in [9.17, 15) is 39.0 Å². The first kappa shape index (κ1) is 35.3. The first-order valence-corrected chi connectivity index (χ1v) is 17.8. The quantitative estimate of drug-likeness (QED) is 0.0503. The van der Waals surface area contributed by atoms with Gasteiger partial charge >= 0.3 is 11.9 Å². The molecule has 262 valence electrons. The van der Waals surface area contributed by atoms with E-state index in [2.05, 4.69) is 25.8 Å². The SMILES string of the molecule is Cc1ccc(-c2ccc(C(=O)NC(C(=O)NC3C(=O)N4C(C(=O)O)=C(CSc5nnc(C(=O)NO)s5)CS[C@@H]34)c3ccc(O)cc3)c(=O)[nH]2)cc1. The van der Waals surface area contributed by atoms with Crippen molar-refractivity contribution in [3.8, 4) is 17.0 Å². The summed E-state index contributed by atoms with van der Waals surface area (Å²) in [5.41, 5.74) is 3.17. The van der Waals surface area contributed by atoms with Crippen LogP contribution in [0.15, 0.2) is 81.1 Å². The summed E-state index contributed by atoms with van der Waals surface area (Å²) in [5.74, 6) is -4.34. The van der Waals surface area contributed by atoms with Crippen molar-refractivity contribution >= 4 is 64.5 Å². The highest BCUT2D eigenvalue weighted by molar-refractivity contribution is 8.01. The molecule has 0 bridgehead atoms. The molecule has 0 aliphatic carbocycles. The Bertz CT molecular complexity index is 2130. The van der Waals surface area contributed by atoms with Crippen LogP contribution < -0.4 is 21.7 Å². The highest BCUT2D eigenvalue weighted by Crippen LogP contribution is 2.42. The van der Waals surface area contributed by atoms with Gasteiger partial charge in [-0.1, -0.05) is 65.1 Å². The van der Waals surface area contributed by atoms with Crippen molar-refractivity contribution < 1.29 is 39.4 Å². The summed E-state index contributed by atoms with van der Waals surface area (Å²) < 4.78 is 0.338. The lowest BCUT2D eigenvalue weighted by molar-refractivity contribution is -0.151. The number of aryl methyl sites for hydroxylation is 1. The second-order valence-electron chi connectivity index (χ2n) is 11.2. The predicted octanol–water partition coefficient (Wildman–Crippen LogP) is 2.03. The number of hydrogen-bond acceptors (Lipinski definition) is 13. The largest absolute Gasteiger partial charge is 0.508 e. The van der Waals surface area contributed by atoms with E-state index in [1.807, 2.05) is 31.2 Å². The van der Waals surface area contributed by atoms with Crippen molar-refractivity contribution in [2.45, 2.75) is 28.7 Å². The molecule has 19 heteroatoms. The first-order valence-electron chi connectivity index (χ1n) is 15.0. The number of hydroxylamine groups is 1. The minimum atomic E-state index is -1.41. The van der Waals surface area contributed by atoms with E-state index < -0.39 is 52.6 Å². The van der Waals surface area contributed by atoms with E-state index >= 15 is 0 Å². The van der Waals surface area contributed by atoms with Gasteiger partial charge in [0, 0.05) is 17.2 Å². The molecule has 2 unspecified atom stereocenters. The van der Waals surface area contributed by atoms with Crippen LogP contribution in [-0.4, -0.2) is 88.0 Å². The van der Waals surface area contributed by atoms with E-state index in [1.54, 1.807) is 6.07 Å². The minimum Gasteiger partial charge on any atom is -0.508 e. The molecule has 6 rings (SSSR count). The summed E-state index contributed by atoms with van der Waals surface area (Å²) in [6.45, 7) is 1.93. The fourth-order valence-corrected chi connectivity index (χ4v) is 8.54. The Kier molecular flexibility index (Phi) is 10.2. The number of phenolic OH excluding ortho intramolecular Hbond substituents is 1. The number of pyridine rings is 1. The van der Waals surface area contributed by atoms with Crippen LogP contribution in [-0.2, 0) is 14.4 Å². The number of rotatable bonds is 11. The number of aliphatic carboxylic acids is 1. The van der Waals surface area contributed by atoms with Crippen LogP contribution in [0.2, 0.25) is 0 Å². The Morgan fingerprint density at radius 3 is 2.41 bits per heavy atom. The highest BCUT2D eigenvalue weighted by atomic mass is 32.2. The maximum absolute atomic E-state index is 13.7. The third-order valence-corrected chi connectivity index (χ3v) is 11.4. The number of carboxylic acid groups (broad SMARTS) is 1. The Balaban J connectivity index is 1.18. The molecule has 7 N–H and O–H groups in total. The van der Waals surface area contributed by atoms with E-state index in [-0.39, 0.29) is 39.1 Å². The lowest BCUT2D eigenvalue weighted by Gasteiger charge is -2.49. The van der Waals surface area contributed by atoms with E-state index in [0.717, 1.165) is 39.1 Å². The number of nitrogens with one attached hydrogen (secondary N) is 4. The minimum absolute atomic E-state index is 0.0911. The number of aromatic hydroxyl groups is 1. The predicted molar refractivity (Wildman–Crippen MR) is 185 cm³/mol. The second-order valence-corrected chi connectivity index (χ2v) is 14.5. The van der Waals surface area contributed by atoms with Gasteiger partial charge in [-0.25, -0.2) is 10.3 Å². The maximum Gasteiger partial charge on any atom is 0.352 e. The smallest absolute Gasteiger partial charge is 0.352 e. The molecular weight excluding hydrogens is 723 g/mol. The molecule has 2 aromatic carbocycles. The molecule has 0 radical (unpaired) electrons. The fourth-order valence-electron chi connectivity index (χ4n) is 5.32. The molecular formula is C32H27N7O9S3. The molecule has 0 spiro atoms. The molecule has 1 fully saturated rings. The van der Waals surface area contributed by atoms with Gasteiger partial charge in [0.1, 0.15) is 34.5 Å². The molecule has 4 heterocycles. The summed E-state index contributed by atoms with van der Waals surface area (Å²) >= 11 is 3.22. The van der Waals surface area contributed by atoms with Crippen molar-refractivity contribution in [2.24, 2.45) is 0 Å². The average Bonchev–Trinajstić information content (AvgIpc) is 3.60. The van der Waals surface area contributed by atoms with Gasteiger partial charge in [-0.05, 0) is 47.9 Å². The summed E-state index contributed by atoms with van der Waals surface area (Å²) in [4.78, 5) is 81.2. The number of amides is 4. The molecule has 0 saturated carbocycles. The topological polar surface area (TPSA) is 244 Å². The van der Waals surface area contributed by atoms with Gasteiger partial charge < -0.3 is 25.8 Å². The van der Waals surface area contributed by atoms with Crippen LogP contribution in [0, 0.1) is 6.92 Å². The van der Waals surface area contributed by atoms with Crippen LogP contribution >= 0.6 is 34.9 Å². The summed E-state index contributed by atoms with van der Waals surface area (Å²) in [5, 5.41) is 40.5. The van der Waals surface area contributed by atoms with E-state index in [1.165, 1.54) is 47.6 Å². The van der Waals surface area contributed by atoms with Gasteiger partial charge in [0.05, 0.1) is 0 Å². The monoisotopic (exact) mass is 749 g/mol. The average molecular weight is 750 g/mol. The molecule has 1 saturated heterocycles. The number of β-lactam (4-membered cyclic amide) rings is 1. The zero-order chi connectivity index (χ0) is 36.4. The summed E-state index contributed by atoms with van der Waals surface area (Å²) in [6, 6.07) is 13.2. The molecule has 2 aliphatic rings. The summed E-state index contributed by atoms with van der Waals surface area (Å²) in [6.07, 6.45) is 0. The van der Waals surface area contributed by atoms with Gasteiger partial charge in [-0.2, -0.15) is 0 Å². The number of carbonyl (C=O) groups excluding carboxylic acids is 4. The van der Waals surface area contributed by atoms with Crippen molar-refractivity contribution in [1.29, 1.82) is 0 Å². The number of phenols is 1. The lowest BCUT2D eigenvalue weighted by atomic mass is 10.0.